The molecule has 0 radical (unpaired) electrons. The van der Waals surface area contributed by atoms with Gasteiger partial charge in [-0.15, -0.1) is 0 Å². The zero-order chi connectivity index (χ0) is 21.8. The van der Waals surface area contributed by atoms with Crippen molar-refractivity contribution in [3.63, 3.8) is 0 Å². The fourth-order valence-corrected chi connectivity index (χ4v) is 3.44. The summed E-state index contributed by atoms with van der Waals surface area (Å²) in [6, 6.07) is -0.374. The first-order valence-electron chi connectivity index (χ1n) is 9.64. The molecule has 0 amide bonds. The Kier molecular flexibility index (Phi) is 7.06. The van der Waals surface area contributed by atoms with E-state index in [4.69, 9.17) is 9.47 Å². The number of aromatic amines is 1. The SMILES string of the molecule is CN1CCN(C)C(C(=O)OCC#Cc2cn([C@H]3C[C@@H](O)[C@@H](CO)O3)c(=O)[nH]c2=O)C1. The first-order valence-corrected chi connectivity index (χ1v) is 9.64. The van der Waals surface area contributed by atoms with Crippen LogP contribution in [0.3, 0.4) is 0 Å². The highest BCUT2D eigenvalue weighted by Gasteiger charge is 2.35. The number of ether oxygens (including phenoxy) is 2. The van der Waals surface area contributed by atoms with Gasteiger partial charge in [0.05, 0.1) is 12.7 Å². The highest BCUT2D eigenvalue weighted by atomic mass is 16.5. The molecule has 0 aromatic carbocycles. The van der Waals surface area contributed by atoms with Crippen LogP contribution in [0.2, 0.25) is 0 Å². The van der Waals surface area contributed by atoms with E-state index in [1.165, 1.54) is 6.20 Å². The number of aliphatic hydroxyl groups is 2. The molecule has 4 atom stereocenters. The van der Waals surface area contributed by atoms with E-state index >= 15 is 0 Å². The van der Waals surface area contributed by atoms with Crippen molar-refractivity contribution in [1.29, 1.82) is 0 Å². The summed E-state index contributed by atoms with van der Waals surface area (Å²) < 4.78 is 11.8. The number of carbonyl (C=O) groups is 1. The molecule has 2 saturated heterocycles. The van der Waals surface area contributed by atoms with Crippen LogP contribution in [-0.4, -0.2) is 101 Å². The molecule has 30 heavy (non-hydrogen) atoms. The van der Waals surface area contributed by atoms with Crippen molar-refractivity contribution in [2.75, 3.05) is 46.9 Å². The van der Waals surface area contributed by atoms with Gasteiger partial charge in [0.2, 0.25) is 0 Å². The molecule has 164 valence electrons. The predicted octanol–water partition coefficient (Wildman–Crippen LogP) is -2.68. The lowest BCUT2D eigenvalue weighted by molar-refractivity contribution is -0.150. The van der Waals surface area contributed by atoms with Gasteiger partial charge in [0, 0.05) is 32.3 Å². The Hall–Kier alpha value is -2.49. The molecule has 0 bridgehead atoms. The Morgan fingerprint density at radius 2 is 2.13 bits per heavy atom. The lowest BCUT2D eigenvalue weighted by atomic mass is 10.2. The number of esters is 1. The largest absolute Gasteiger partial charge is 0.451 e. The van der Waals surface area contributed by atoms with E-state index in [9.17, 15) is 24.6 Å². The van der Waals surface area contributed by atoms with Gasteiger partial charge >= 0.3 is 11.7 Å². The summed E-state index contributed by atoms with van der Waals surface area (Å²) in [6.07, 6.45) is -1.25. The van der Waals surface area contributed by atoms with E-state index in [2.05, 4.69) is 16.8 Å². The minimum atomic E-state index is -0.926. The first kappa shape index (κ1) is 22.2. The number of H-pyrrole nitrogens is 1. The summed E-state index contributed by atoms with van der Waals surface area (Å²) in [7, 11) is 3.79. The smallest absolute Gasteiger partial charge is 0.330 e. The second kappa shape index (κ2) is 9.55. The standard InChI is InChI=1S/C19H26N4O7/c1-21-5-6-22(2)13(10-21)18(27)29-7-3-4-12-9-23(19(28)20-17(12)26)16-8-14(25)15(11-24)30-16/h9,13-16,24-25H,5-8,10-11H2,1-2H3,(H,20,26,28)/t13?,14-,15-,16-/m1/s1. The fourth-order valence-electron chi connectivity index (χ4n) is 3.44. The van der Waals surface area contributed by atoms with Gasteiger partial charge in [-0.25, -0.2) is 4.79 Å². The number of carbonyl (C=O) groups excluding carboxylic acids is 1. The molecule has 1 aromatic heterocycles. The Morgan fingerprint density at radius 3 is 2.83 bits per heavy atom. The normalized spacial score (nSPS) is 27.5. The highest BCUT2D eigenvalue weighted by molar-refractivity contribution is 5.76. The number of nitrogens with zero attached hydrogens (tertiary/aromatic N) is 3. The predicted molar refractivity (Wildman–Crippen MR) is 105 cm³/mol. The van der Waals surface area contributed by atoms with E-state index in [1.807, 2.05) is 23.9 Å². The third-order valence-corrected chi connectivity index (χ3v) is 5.29. The fraction of sp³-hybridized carbons (Fsp3) is 0.632. The van der Waals surface area contributed by atoms with Gasteiger partial charge < -0.3 is 24.6 Å². The third-order valence-electron chi connectivity index (χ3n) is 5.29. The molecule has 1 unspecified atom stereocenters. The summed E-state index contributed by atoms with van der Waals surface area (Å²) in [5, 5.41) is 19.0. The lowest BCUT2D eigenvalue weighted by Gasteiger charge is -2.35. The molecule has 3 N–H and O–H groups in total. The topological polar surface area (TPSA) is 137 Å². The number of hydrogen-bond donors (Lipinski definition) is 3. The van der Waals surface area contributed by atoms with Crippen LogP contribution >= 0.6 is 0 Å². The molecule has 0 spiro atoms. The molecule has 11 heteroatoms. The van der Waals surface area contributed by atoms with Gasteiger partial charge in [0.15, 0.2) is 6.61 Å². The van der Waals surface area contributed by atoms with Gasteiger partial charge in [0.1, 0.15) is 23.9 Å². The molecule has 3 rings (SSSR count). The van der Waals surface area contributed by atoms with Gasteiger partial charge in [-0.05, 0) is 14.1 Å². The monoisotopic (exact) mass is 422 g/mol. The maximum Gasteiger partial charge on any atom is 0.330 e. The molecular weight excluding hydrogens is 396 g/mol. The van der Waals surface area contributed by atoms with E-state index < -0.39 is 29.7 Å². The van der Waals surface area contributed by atoms with Crippen molar-refractivity contribution in [2.24, 2.45) is 0 Å². The number of rotatable bonds is 4. The van der Waals surface area contributed by atoms with Crippen molar-refractivity contribution in [1.82, 2.24) is 19.4 Å². The summed E-state index contributed by atoms with van der Waals surface area (Å²) in [5.74, 6) is 4.82. The zero-order valence-electron chi connectivity index (χ0n) is 16.9. The van der Waals surface area contributed by atoms with Crippen LogP contribution in [0.1, 0.15) is 18.2 Å². The van der Waals surface area contributed by atoms with Crippen molar-refractivity contribution in [3.05, 3.63) is 32.6 Å². The van der Waals surface area contributed by atoms with Crippen LogP contribution in [0.15, 0.2) is 15.8 Å². The molecule has 3 heterocycles. The van der Waals surface area contributed by atoms with Crippen LogP contribution < -0.4 is 11.2 Å². The average molecular weight is 422 g/mol. The lowest BCUT2D eigenvalue weighted by Crippen LogP contribution is -2.54. The zero-order valence-corrected chi connectivity index (χ0v) is 16.9. The van der Waals surface area contributed by atoms with Gasteiger partial charge in [0.25, 0.3) is 5.56 Å². The van der Waals surface area contributed by atoms with Gasteiger partial charge in [-0.1, -0.05) is 11.8 Å². The summed E-state index contributed by atoms with van der Waals surface area (Å²) in [4.78, 5) is 42.5. The minimum Gasteiger partial charge on any atom is -0.451 e. The Balaban J connectivity index is 1.66. The molecule has 11 nitrogen and oxygen atoms in total. The van der Waals surface area contributed by atoms with E-state index in [-0.39, 0.29) is 37.2 Å². The second-order valence-corrected chi connectivity index (χ2v) is 7.49. The quantitative estimate of drug-likeness (QED) is 0.350. The average Bonchev–Trinajstić information content (AvgIpc) is 3.08. The number of likely N-dealkylation sites (N-methyl/N-ethyl adjacent to an activating group) is 2. The van der Waals surface area contributed by atoms with Crippen LogP contribution in [0, 0.1) is 11.8 Å². The van der Waals surface area contributed by atoms with Gasteiger partial charge in [-0.2, -0.15) is 0 Å². The highest BCUT2D eigenvalue weighted by Crippen LogP contribution is 2.27. The maximum atomic E-state index is 12.3. The maximum absolute atomic E-state index is 12.3. The van der Waals surface area contributed by atoms with Crippen molar-refractivity contribution in [2.45, 2.75) is 30.9 Å². The molecule has 2 aliphatic rings. The van der Waals surface area contributed by atoms with Crippen LogP contribution in [0.25, 0.3) is 0 Å². The Morgan fingerprint density at radius 1 is 1.37 bits per heavy atom. The molecule has 0 saturated carbocycles. The molecule has 1 aromatic rings. The number of aromatic nitrogens is 2. The first-order chi connectivity index (χ1) is 14.3. The molecular formula is C19H26N4O7. The summed E-state index contributed by atoms with van der Waals surface area (Å²) >= 11 is 0. The van der Waals surface area contributed by atoms with E-state index in [1.54, 1.807) is 0 Å². The van der Waals surface area contributed by atoms with Crippen LogP contribution in [-0.2, 0) is 14.3 Å². The molecule has 2 fully saturated rings. The Labute approximate surface area is 172 Å². The summed E-state index contributed by atoms with van der Waals surface area (Å²) in [5.41, 5.74) is -1.40. The molecule has 2 aliphatic heterocycles. The number of hydrogen-bond acceptors (Lipinski definition) is 9. The third kappa shape index (κ3) is 4.97. The van der Waals surface area contributed by atoms with Gasteiger partial charge in [-0.3, -0.25) is 24.0 Å². The molecule has 0 aliphatic carbocycles. The summed E-state index contributed by atoms with van der Waals surface area (Å²) in [6.45, 7) is 1.61. The van der Waals surface area contributed by atoms with E-state index in [0.717, 1.165) is 17.7 Å². The second-order valence-electron chi connectivity index (χ2n) is 7.49. The van der Waals surface area contributed by atoms with Crippen LogP contribution in [0.4, 0.5) is 0 Å². The van der Waals surface area contributed by atoms with Crippen molar-refractivity contribution in [3.8, 4) is 11.8 Å². The van der Waals surface area contributed by atoms with Crippen LogP contribution in [0.5, 0.6) is 0 Å². The number of aliphatic hydroxyl groups excluding tert-OH is 2. The number of nitrogens with one attached hydrogen (secondary N) is 1. The van der Waals surface area contributed by atoms with Crippen molar-refractivity contribution < 1.29 is 24.5 Å². The minimum absolute atomic E-state index is 0.00861. The Bertz CT molecular complexity index is 947. The van der Waals surface area contributed by atoms with E-state index in [0.29, 0.717) is 6.54 Å². The van der Waals surface area contributed by atoms with Crippen molar-refractivity contribution >= 4 is 5.97 Å². The number of piperazine rings is 1.